The van der Waals surface area contributed by atoms with Crippen LogP contribution in [-0.4, -0.2) is 17.3 Å². The van der Waals surface area contributed by atoms with Crippen LogP contribution in [0.5, 0.6) is 0 Å². The summed E-state index contributed by atoms with van der Waals surface area (Å²) >= 11 is 6.14. The molecule has 1 aliphatic rings. The van der Waals surface area contributed by atoms with Crippen molar-refractivity contribution >= 4 is 17.3 Å². The number of aliphatic hydroxyl groups excluding tert-OH is 1. The zero-order valence-corrected chi connectivity index (χ0v) is 11.0. The van der Waals surface area contributed by atoms with E-state index in [1.54, 1.807) is 0 Å². The molecule has 1 aliphatic heterocycles. The highest BCUT2D eigenvalue weighted by molar-refractivity contribution is 6.31. The summed E-state index contributed by atoms with van der Waals surface area (Å²) in [7, 11) is 0. The van der Waals surface area contributed by atoms with Crippen molar-refractivity contribution in [2.45, 2.75) is 38.8 Å². The quantitative estimate of drug-likeness (QED) is 0.751. The maximum absolute atomic E-state index is 10.0. The van der Waals surface area contributed by atoms with Crippen molar-refractivity contribution < 1.29 is 5.11 Å². The molecule has 0 amide bonds. The van der Waals surface area contributed by atoms with Gasteiger partial charge in [0.15, 0.2) is 0 Å². The molecule has 1 aromatic rings. The summed E-state index contributed by atoms with van der Waals surface area (Å²) in [6.45, 7) is 7.96. The average molecular weight is 252 g/mol. The van der Waals surface area contributed by atoms with Crippen molar-refractivity contribution in [3.8, 4) is 0 Å². The molecule has 0 unspecified atom stereocenters. The van der Waals surface area contributed by atoms with Gasteiger partial charge >= 0.3 is 0 Å². The van der Waals surface area contributed by atoms with Crippen LogP contribution in [0.25, 0.3) is 0 Å². The molecule has 1 heterocycles. The van der Waals surface area contributed by atoms with E-state index in [2.05, 4.69) is 11.9 Å². The van der Waals surface area contributed by atoms with E-state index in [4.69, 9.17) is 11.6 Å². The van der Waals surface area contributed by atoms with E-state index in [1.807, 2.05) is 26.0 Å². The van der Waals surface area contributed by atoms with Crippen LogP contribution >= 0.6 is 11.6 Å². The predicted molar refractivity (Wildman–Crippen MR) is 72.7 cm³/mol. The zero-order valence-electron chi connectivity index (χ0n) is 10.3. The summed E-state index contributed by atoms with van der Waals surface area (Å²) < 4.78 is 0. The molecule has 92 valence electrons. The Labute approximate surface area is 107 Å². The molecule has 0 aromatic heterocycles. The van der Waals surface area contributed by atoms with Crippen molar-refractivity contribution in [3.63, 3.8) is 0 Å². The summed E-state index contributed by atoms with van der Waals surface area (Å²) in [5, 5.41) is 14.2. The number of hydrogen-bond donors (Lipinski definition) is 2. The van der Waals surface area contributed by atoms with Crippen molar-refractivity contribution in [1.82, 2.24) is 0 Å². The van der Waals surface area contributed by atoms with Crippen LogP contribution in [-0.2, 0) is 6.42 Å². The number of anilines is 1. The van der Waals surface area contributed by atoms with E-state index < -0.39 is 0 Å². The second-order valence-electron chi connectivity index (χ2n) is 4.84. The van der Waals surface area contributed by atoms with Gasteiger partial charge < -0.3 is 10.4 Å². The summed E-state index contributed by atoms with van der Waals surface area (Å²) in [5.41, 5.74) is 4.27. The Kier molecular flexibility index (Phi) is 3.45. The lowest BCUT2D eigenvalue weighted by Crippen LogP contribution is -2.24. The Morgan fingerprint density at radius 3 is 2.88 bits per heavy atom. The normalized spacial score (nSPS) is 23.5. The number of benzene rings is 1. The molecule has 2 N–H and O–H groups in total. The van der Waals surface area contributed by atoms with Gasteiger partial charge in [-0.25, -0.2) is 0 Å². The highest BCUT2D eigenvalue weighted by atomic mass is 35.5. The number of aliphatic hydroxyl groups is 1. The van der Waals surface area contributed by atoms with Gasteiger partial charge in [-0.1, -0.05) is 29.8 Å². The molecular formula is C14H18ClNO. The van der Waals surface area contributed by atoms with Crippen LogP contribution in [0.15, 0.2) is 24.3 Å². The summed E-state index contributed by atoms with van der Waals surface area (Å²) in [6, 6.07) is 4.00. The van der Waals surface area contributed by atoms with Gasteiger partial charge in [-0.2, -0.15) is 0 Å². The van der Waals surface area contributed by atoms with Crippen LogP contribution in [0.3, 0.4) is 0 Å². The average Bonchev–Trinajstić information content (AvgIpc) is 2.43. The molecule has 2 nitrogen and oxygen atoms in total. The molecule has 0 radical (unpaired) electrons. The fraction of sp³-hybridized carbons (Fsp3) is 0.429. The maximum atomic E-state index is 10.0. The van der Waals surface area contributed by atoms with Crippen molar-refractivity contribution in [3.05, 3.63) is 40.4 Å². The molecule has 0 saturated heterocycles. The van der Waals surface area contributed by atoms with Crippen LogP contribution in [0.1, 0.15) is 24.5 Å². The predicted octanol–water partition coefficient (Wildman–Crippen LogP) is 3.31. The Morgan fingerprint density at radius 2 is 2.24 bits per heavy atom. The second kappa shape index (κ2) is 4.71. The van der Waals surface area contributed by atoms with Crippen LogP contribution in [0.4, 0.5) is 5.69 Å². The summed E-state index contributed by atoms with van der Waals surface area (Å²) in [4.78, 5) is 0. The largest absolute Gasteiger partial charge is 0.393 e. The van der Waals surface area contributed by atoms with Crippen LogP contribution in [0.2, 0.25) is 5.02 Å². The minimum atomic E-state index is -0.328. The lowest BCUT2D eigenvalue weighted by atomic mass is 10.0. The third-order valence-corrected chi connectivity index (χ3v) is 3.77. The van der Waals surface area contributed by atoms with Crippen LogP contribution < -0.4 is 5.32 Å². The lowest BCUT2D eigenvalue weighted by Gasteiger charge is -2.20. The molecule has 1 aromatic carbocycles. The second-order valence-corrected chi connectivity index (χ2v) is 5.25. The van der Waals surface area contributed by atoms with Gasteiger partial charge in [0, 0.05) is 23.2 Å². The molecule has 0 saturated carbocycles. The minimum absolute atomic E-state index is 0.114. The third kappa shape index (κ3) is 2.48. The van der Waals surface area contributed by atoms with E-state index in [1.165, 1.54) is 0 Å². The number of hydrogen-bond acceptors (Lipinski definition) is 2. The first-order chi connectivity index (χ1) is 7.99. The first-order valence-electron chi connectivity index (χ1n) is 5.87. The van der Waals surface area contributed by atoms with Gasteiger partial charge in [0.1, 0.15) is 0 Å². The molecule has 0 bridgehead atoms. The molecule has 2 atom stereocenters. The summed E-state index contributed by atoms with van der Waals surface area (Å²) in [5.74, 6) is 0. The summed E-state index contributed by atoms with van der Waals surface area (Å²) in [6.07, 6.45) is 1.04. The van der Waals surface area contributed by atoms with Crippen LogP contribution in [0, 0.1) is 6.92 Å². The standard InChI is InChI=1S/C14H18ClNO/c1-8(2)13-7-11(17)6-10-4-5-12(15)9(3)14(10)16-13/h4-5,11,13,16-17H,1,6-7H2,2-3H3/t11-,13+/m1/s1. The van der Waals surface area contributed by atoms with Gasteiger partial charge in [0.25, 0.3) is 0 Å². The third-order valence-electron chi connectivity index (χ3n) is 3.36. The molecule has 3 heteroatoms. The van der Waals surface area contributed by atoms with Gasteiger partial charge in [-0.15, -0.1) is 0 Å². The van der Waals surface area contributed by atoms with E-state index >= 15 is 0 Å². The lowest BCUT2D eigenvalue weighted by molar-refractivity contribution is 0.164. The molecule has 2 rings (SSSR count). The highest BCUT2D eigenvalue weighted by Crippen LogP contribution is 2.33. The number of nitrogens with one attached hydrogen (secondary N) is 1. The van der Waals surface area contributed by atoms with Crippen molar-refractivity contribution in [2.24, 2.45) is 0 Å². The van der Waals surface area contributed by atoms with Crippen molar-refractivity contribution in [1.29, 1.82) is 0 Å². The molecule has 0 aliphatic carbocycles. The fourth-order valence-corrected chi connectivity index (χ4v) is 2.44. The number of rotatable bonds is 1. The zero-order chi connectivity index (χ0) is 12.6. The van der Waals surface area contributed by atoms with Gasteiger partial charge in [-0.3, -0.25) is 0 Å². The molecule has 0 spiro atoms. The number of halogens is 1. The smallest absolute Gasteiger partial charge is 0.0604 e. The first-order valence-corrected chi connectivity index (χ1v) is 6.25. The van der Waals surface area contributed by atoms with E-state index in [-0.39, 0.29) is 12.1 Å². The Balaban J connectivity index is 2.45. The van der Waals surface area contributed by atoms with Gasteiger partial charge in [-0.05, 0) is 37.5 Å². The first kappa shape index (κ1) is 12.5. The highest BCUT2D eigenvalue weighted by Gasteiger charge is 2.23. The Hall–Kier alpha value is -0.990. The fourth-order valence-electron chi connectivity index (χ4n) is 2.28. The Bertz CT molecular complexity index is 456. The van der Waals surface area contributed by atoms with Gasteiger partial charge in [0.2, 0.25) is 0 Å². The molecule has 17 heavy (non-hydrogen) atoms. The molecule has 0 fully saturated rings. The SMILES string of the molecule is C=C(C)[C@@H]1C[C@H](O)Cc2ccc(Cl)c(C)c2N1. The topological polar surface area (TPSA) is 32.3 Å². The minimum Gasteiger partial charge on any atom is -0.393 e. The van der Waals surface area contributed by atoms with E-state index in [9.17, 15) is 5.11 Å². The number of fused-ring (bicyclic) bond motifs is 1. The van der Waals surface area contributed by atoms with Crippen molar-refractivity contribution in [2.75, 3.05) is 5.32 Å². The van der Waals surface area contributed by atoms with Gasteiger partial charge in [0.05, 0.1) is 6.10 Å². The Morgan fingerprint density at radius 1 is 1.53 bits per heavy atom. The molecular weight excluding hydrogens is 234 g/mol. The van der Waals surface area contributed by atoms with E-state index in [0.717, 1.165) is 27.4 Å². The monoisotopic (exact) mass is 251 g/mol. The van der Waals surface area contributed by atoms with E-state index in [0.29, 0.717) is 12.8 Å². The maximum Gasteiger partial charge on any atom is 0.0604 e.